The minimum atomic E-state index is 0.368. The van der Waals surface area contributed by atoms with Crippen molar-refractivity contribution in [2.75, 3.05) is 0 Å². The Morgan fingerprint density at radius 3 is 2.40 bits per heavy atom. The van der Waals surface area contributed by atoms with Crippen LogP contribution in [0.3, 0.4) is 0 Å². The van der Waals surface area contributed by atoms with Gasteiger partial charge in [-0.15, -0.1) is 0 Å². The Hall–Kier alpha value is -1.63. The van der Waals surface area contributed by atoms with Gasteiger partial charge in [-0.2, -0.15) is 0 Å². The van der Waals surface area contributed by atoms with Crippen LogP contribution in [-0.2, 0) is 0 Å². The smallest absolute Gasteiger partial charge is 0.0475 e. The first-order chi connectivity index (χ1) is 7.29. The van der Waals surface area contributed by atoms with Crippen LogP contribution in [0.2, 0.25) is 0 Å². The number of benzene rings is 1. The first-order valence-corrected chi connectivity index (χ1v) is 5.25. The highest BCUT2D eigenvalue weighted by atomic mass is 14.7. The molecule has 1 heterocycles. The summed E-state index contributed by atoms with van der Waals surface area (Å²) in [6.07, 6.45) is 1.85. The summed E-state index contributed by atoms with van der Waals surface area (Å²) < 4.78 is 0. The minimum Gasteiger partial charge on any atom is -0.261 e. The Morgan fingerprint density at radius 2 is 1.73 bits per heavy atom. The molecule has 1 nitrogen and oxygen atoms in total. The van der Waals surface area contributed by atoms with Crippen molar-refractivity contribution in [2.45, 2.75) is 19.8 Å². The van der Waals surface area contributed by atoms with Crippen LogP contribution in [0.15, 0.2) is 48.7 Å². The highest BCUT2D eigenvalue weighted by Crippen LogP contribution is 2.24. The largest absolute Gasteiger partial charge is 0.261 e. The van der Waals surface area contributed by atoms with E-state index in [0.29, 0.717) is 5.92 Å². The van der Waals surface area contributed by atoms with Crippen molar-refractivity contribution in [1.29, 1.82) is 0 Å². The summed E-state index contributed by atoms with van der Waals surface area (Å²) in [6.45, 7) is 4.35. The van der Waals surface area contributed by atoms with Crippen LogP contribution in [0.4, 0.5) is 0 Å². The number of nitrogens with zero attached hydrogens (tertiary/aromatic N) is 1. The molecule has 15 heavy (non-hydrogen) atoms. The van der Waals surface area contributed by atoms with Gasteiger partial charge in [0.05, 0.1) is 0 Å². The van der Waals surface area contributed by atoms with Crippen molar-refractivity contribution in [3.63, 3.8) is 0 Å². The molecule has 0 bridgehead atoms. The summed E-state index contributed by atoms with van der Waals surface area (Å²) in [5.74, 6) is 0.368. The Bertz CT molecular complexity index is 434. The van der Waals surface area contributed by atoms with E-state index in [4.69, 9.17) is 0 Å². The third-order valence-electron chi connectivity index (χ3n) is 2.79. The first kappa shape index (κ1) is 9.91. The lowest BCUT2D eigenvalue weighted by molar-refractivity contribution is 0.862. The molecule has 0 aliphatic rings. The molecule has 76 valence electrons. The maximum absolute atomic E-state index is 4.40. The third kappa shape index (κ3) is 2.07. The van der Waals surface area contributed by atoms with Crippen LogP contribution < -0.4 is 0 Å². The molecular formula is C14H15N. The zero-order chi connectivity index (χ0) is 10.7. The van der Waals surface area contributed by atoms with Crippen LogP contribution in [0, 0.1) is 6.92 Å². The van der Waals surface area contributed by atoms with Crippen LogP contribution in [0.25, 0.3) is 0 Å². The lowest BCUT2D eigenvalue weighted by Gasteiger charge is -2.13. The second-order valence-corrected chi connectivity index (χ2v) is 3.83. The normalized spacial score (nSPS) is 12.4. The average Bonchev–Trinajstić information content (AvgIpc) is 2.30. The van der Waals surface area contributed by atoms with E-state index in [1.165, 1.54) is 11.1 Å². The Morgan fingerprint density at radius 1 is 1.00 bits per heavy atom. The fraction of sp³-hybridized carbons (Fsp3) is 0.214. The van der Waals surface area contributed by atoms with Crippen LogP contribution in [0.5, 0.6) is 0 Å². The molecule has 2 aromatic rings. The molecule has 0 aliphatic carbocycles. The van der Waals surface area contributed by atoms with Gasteiger partial charge < -0.3 is 0 Å². The second-order valence-electron chi connectivity index (χ2n) is 3.83. The van der Waals surface area contributed by atoms with E-state index >= 15 is 0 Å². The summed E-state index contributed by atoms with van der Waals surface area (Å²) in [4.78, 5) is 4.40. The molecule has 0 aliphatic heterocycles. The van der Waals surface area contributed by atoms with Crippen molar-refractivity contribution in [3.8, 4) is 0 Å². The average molecular weight is 197 g/mol. The summed E-state index contributed by atoms with van der Waals surface area (Å²) in [5, 5.41) is 0. The van der Waals surface area contributed by atoms with Gasteiger partial charge in [-0.3, -0.25) is 4.98 Å². The van der Waals surface area contributed by atoms with E-state index in [0.717, 1.165) is 5.69 Å². The molecule has 0 radical (unpaired) electrons. The van der Waals surface area contributed by atoms with Crippen LogP contribution in [0.1, 0.15) is 29.7 Å². The van der Waals surface area contributed by atoms with Gasteiger partial charge in [-0.05, 0) is 30.2 Å². The van der Waals surface area contributed by atoms with E-state index < -0.39 is 0 Å². The predicted molar refractivity (Wildman–Crippen MR) is 62.9 cm³/mol. The highest BCUT2D eigenvalue weighted by molar-refractivity contribution is 5.33. The van der Waals surface area contributed by atoms with E-state index in [1.54, 1.807) is 0 Å². The van der Waals surface area contributed by atoms with Crippen molar-refractivity contribution in [2.24, 2.45) is 0 Å². The van der Waals surface area contributed by atoms with E-state index in [2.05, 4.69) is 49.2 Å². The third-order valence-corrected chi connectivity index (χ3v) is 2.79. The first-order valence-electron chi connectivity index (χ1n) is 5.25. The lowest BCUT2D eigenvalue weighted by Crippen LogP contribution is -2.00. The molecule has 1 aromatic heterocycles. The quantitative estimate of drug-likeness (QED) is 0.717. The van der Waals surface area contributed by atoms with Crippen molar-refractivity contribution in [3.05, 3.63) is 65.5 Å². The standard InChI is InChI=1S/C14H15N/c1-11-7-3-4-8-13(11)12(2)14-9-5-6-10-15-14/h3-10,12H,1-2H3. The molecule has 0 amide bonds. The van der Waals surface area contributed by atoms with Gasteiger partial charge in [0.2, 0.25) is 0 Å². The van der Waals surface area contributed by atoms with Gasteiger partial charge in [0.1, 0.15) is 0 Å². The maximum Gasteiger partial charge on any atom is 0.0475 e. The number of pyridine rings is 1. The van der Waals surface area contributed by atoms with Crippen molar-refractivity contribution < 1.29 is 0 Å². The molecule has 0 spiro atoms. The molecule has 0 saturated heterocycles. The summed E-state index contributed by atoms with van der Waals surface area (Å²) in [5.41, 5.74) is 3.82. The summed E-state index contributed by atoms with van der Waals surface area (Å²) in [7, 11) is 0. The van der Waals surface area contributed by atoms with E-state index in [-0.39, 0.29) is 0 Å². The number of rotatable bonds is 2. The van der Waals surface area contributed by atoms with E-state index in [1.807, 2.05) is 18.3 Å². The molecule has 0 fully saturated rings. The molecule has 2 rings (SSSR count). The van der Waals surface area contributed by atoms with Gasteiger partial charge >= 0.3 is 0 Å². The topological polar surface area (TPSA) is 12.9 Å². The molecule has 1 heteroatoms. The second kappa shape index (κ2) is 4.26. The Kier molecular flexibility index (Phi) is 2.82. The van der Waals surface area contributed by atoms with Gasteiger partial charge in [-0.1, -0.05) is 37.3 Å². The fourth-order valence-electron chi connectivity index (χ4n) is 1.86. The maximum atomic E-state index is 4.40. The van der Waals surface area contributed by atoms with Gasteiger partial charge in [0, 0.05) is 17.8 Å². The molecule has 1 unspecified atom stereocenters. The fourth-order valence-corrected chi connectivity index (χ4v) is 1.86. The van der Waals surface area contributed by atoms with Gasteiger partial charge in [0.15, 0.2) is 0 Å². The Labute approximate surface area is 90.8 Å². The predicted octanol–water partition coefficient (Wildman–Crippen LogP) is 3.54. The number of hydrogen-bond donors (Lipinski definition) is 0. The van der Waals surface area contributed by atoms with Gasteiger partial charge in [-0.25, -0.2) is 0 Å². The molecule has 1 atom stereocenters. The molecule has 0 saturated carbocycles. The highest BCUT2D eigenvalue weighted by Gasteiger charge is 2.10. The summed E-state index contributed by atoms with van der Waals surface area (Å²) >= 11 is 0. The van der Waals surface area contributed by atoms with Crippen LogP contribution >= 0.6 is 0 Å². The molecule has 0 N–H and O–H groups in total. The van der Waals surface area contributed by atoms with Crippen molar-refractivity contribution in [1.82, 2.24) is 4.98 Å². The zero-order valence-electron chi connectivity index (χ0n) is 9.14. The van der Waals surface area contributed by atoms with Gasteiger partial charge in [0.25, 0.3) is 0 Å². The minimum absolute atomic E-state index is 0.368. The SMILES string of the molecule is Cc1ccccc1C(C)c1ccccn1. The van der Waals surface area contributed by atoms with E-state index in [9.17, 15) is 0 Å². The monoisotopic (exact) mass is 197 g/mol. The number of aryl methyl sites for hydroxylation is 1. The summed E-state index contributed by atoms with van der Waals surface area (Å²) in [6, 6.07) is 14.6. The molecule has 1 aromatic carbocycles. The van der Waals surface area contributed by atoms with Crippen molar-refractivity contribution >= 4 is 0 Å². The number of hydrogen-bond acceptors (Lipinski definition) is 1. The lowest BCUT2D eigenvalue weighted by atomic mass is 9.93. The molecular weight excluding hydrogens is 182 g/mol. The van der Waals surface area contributed by atoms with Crippen LogP contribution in [-0.4, -0.2) is 4.98 Å². The zero-order valence-corrected chi connectivity index (χ0v) is 9.14. The Balaban J connectivity index is 2.37. The number of aromatic nitrogens is 1.